The van der Waals surface area contributed by atoms with Gasteiger partial charge in [0.1, 0.15) is 11.6 Å². The fourth-order valence-electron chi connectivity index (χ4n) is 2.69. The van der Waals surface area contributed by atoms with Gasteiger partial charge in [0, 0.05) is 45.0 Å². The van der Waals surface area contributed by atoms with E-state index in [1.165, 1.54) is 6.20 Å². The van der Waals surface area contributed by atoms with Crippen molar-refractivity contribution in [2.45, 2.75) is 6.92 Å². The zero-order chi connectivity index (χ0) is 18.5. The summed E-state index contributed by atoms with van der Waals surface area (Å²) in [6.07, 6.45) is 1.50. The third kappa shape index (κ3) is 3.92. The fraction of sp³-hybridized carbons (Fsp3) is 0.312. The van der Waals surface area contributed by atoms with Crippen LogP contribution in [0.3, 0.4) is 0 Å². The van der Waals surface area contributed by atoms with Gasteiger partial charge in [-0.1, -0.05) is 11.6 Å². The van der Waals surface area contributed by atoms with E-state index in [-0.39, 0.29) is 17.3 Å². The van der Waals surface area contributed by atoms with Crippen molar-refractivity contribution >= 4 is 34.5 Å². The largest absolute Gasteiger partial charge is 0.367 e. The van der Waals surface area contributed by atoms with Crippen molar-refractivity contribution in [1.29, 1.82) is 5.26 Å². The normalized spacial score (nSPS) is 14.9. The Balaban J connectivity index is 1.68. The quantitative estimate of drug-likeness (QED) is 0.781. The van der Waals surface area contributed by atoms with Crippen molar-refractivity contribution in [2.75, 3.05) is 36.4 Å². The van der Waals surface area contributed by atoms with Crippen LogP contribution in [0.4, 0.5) is 11.4 Å². The van der Waals surface area contributed by atoms with Crippen molar-refractivity contribution in [2.24, 2.45) is 0 Å². The minimum absolute atomic E-state index is 0.0944. The molecule has 10 heteroatoms. The molecule has 0 unspecified atom stereocenters. The van der Waals surface area contributed by atoms with Crippen LogP contribution in [0.15, 0.2) is 24.4 Å². The van der Waals surface area contributed by atoms with Gasteiger partial charge in [-0.3, -0.25) is 4.79 Å². The Hall–Kier alpha value is -3.12. The van der Waals surface area contributed by atoms with Gasteiger partial charge in [-0.25, -0.2) is 0 Å². The smallest absolute Gasteiger partial charge is 0.219 e. The molecule has 1 fully saturated rings. The molecule has 1 aromatic heterocycles. The summed E-state index contributed by atoms with van der Waals surface area (Å²) in [4.78, 5) is 15.4. The molecule has 1 aliphatic rings. The number of aromatic nitrogens is 4. The number of nitrogens with zero attached hydrogens (tertiary/aromatic N) is 6. The van der Waals surface area contributed by atoms with E-state index in [2.05, 4.69) is 30.8 Å². The Morgan fingerprint density at radius 1 is 1.38 bits per heavy atom. The number of amides is 1. The number of anilines is 2. The number of nitrogens with one attached hydrogen (secondary N) is 2. The highest BCUT2D eigenvalue weighted by molar-refractivity contribution is 6.33. The molecule has 0 atom stereocenters. The van der Waals surface area contributed by atoms with Crippen LogP contribution in [-0.4, -0.2) is 57.6 Å². The van der Waals surface area contributed by atoms with Crippen LogP contribution in [0.5, 0.6) is 0 Å². The summed E-state index contributed by atoms with van der Waals surface area (Å²) < 4.78 is 0. The molecule has 1 aromatic carbocycles. The predicted molar refractivity (Wildman–Crippen MR) is 97.3 cm³/mol. The second-order valence-corrected chi connectivity index (χ2v) is 6.12. The summed E-state index contributed by atoms with van der Waals surface area (Å²) in [7, 11) is 0. The molecule has 0 radical (unpaired) electrons. The van der Waals surface area contributed by atoms with Crippen LogP contribution in [0.2, 0.25) is 5.02 Å². The minimum atomic E-state index is 0.0944. The lowest BCUT2D eigenvalue weighted by molar-refractivity contribution is -0.129. The Morgan fingerprint density at radius 2 is 2.15 bits per heavy atom. The van der Waals surface area contributed by atoms with Gasteiger partial charge in [0.15, 0.2) is 0 Å². The first kappa shape index (κ1) is 17.7. The number of benzene rings is 1. The molecule has 0 aliphatic carbocycles. The van der Waals surface area contributed by atoms with Crippen LogP contribution in [0, 0.1) is 11.3 Å². The number of carbonyl (C=O) groups excluding carboxylic acids is 1. The number of hydrogen-bond donors (Lipinski definition) is 2. The average Bonchev–Trinajstić information content (AvgIpc) is 3.17. The Labute approximate surface area is 155 Å². The van der Waals surface area contributed by atoms with Gasteiger partial charge in [-0.15, -0.1) is 10.2 Å². The second-order valence-electron chi connectivity index (χ2n) is 5.71. The standard InChI is InChI=1S/C16H17ClN8O/c1-11(26)24-4-6-25(7-5-24)15-3-2-13(8-14(15)17)19-10-12(9-18)16-20-22-23-21-16/h2-3,8,10,19H,4-7H2,1H3,(H,20,21,22,23). The van der Waals surface area contributed by atoms with Gasteiger partial charge in [-0.2, -0.15) is 10.5 Å². The predicted octanol–water partition coefficient (Wildman–Crippen LogP) is 1.50. The van der Waals surface area contributed by atoms with E-state index in [1.807, 2.05) is 23.1 Å². The van der Waals surface area contributed by atoms with E-state index >= 15 is 0 Å². The van der Waals surface area contributed by atoms with Gasteiger partial charge >= 0.3 is 0 Å². The molecule has 0 saturated carbocycles. The van der Waals surface area contributed by atoms with Gasteiger partial charge in [0.25, 0.3) is 0 Å². The van der Waals surface area contributed by atoms with Gasteiger partial charge < -0.3 is 15.1 Å². The lowest BCUT2D eigenvalue weighted by atomic mass is 10.2. The molecule has 1 saturated heterocycles. The van der Waals surface area contributed by atoms with Gasteiger partial charge in [0.05, 0.1) is 10.7 Å². The first-order valence-electron chi connectivity index (χ1n) is 7.99. The number of rotatable bonds is 4. The second kappa shape index (κ2) is 7.84. The lowest BCUT2D eigenvalue weighted by Gasteiger charge is -2.36. The topological polar surface area (TPSA) is 114 Å². The van der Waals surface area contributed by atoms with E-state index in [1.54, 1.807) is 13.0 Å². The van der Waals surface area contributed by atoms with E-state index < -0.39 is 0 Å². The van der Waals surface area contributed by atoms with Crippen molar-refractivity contribution in [1.82, 2.24) is 25.5 Å². The Morgan fingerprint density at radius 3 is 2.73 bits per heavy atom. The highest BCUT2D eigenvalue weighted by Crippen LogP contribution is 2.30. The third-order valence-corrected chi connectivity index (χ3v) is 4.41. The summed E-state index contributed by atoms with van der Waals surface area (Å²) >= 11 is 6.42. The summed E-state index contributed by atoms with van der Waals surface area (Å²) in [6, 6.07) is 7.59. The average molecular weight is 373 g/mol. The molecule has 2 heterocycles. The maximum absolute atomic E-state index is 11.4. The molecule has 3 rings (SSSR count). The van der Waals surface area contributed by atoms with Gasteiger partial charge in [-0.05, 0) is 23.4 Å². The van der Waals surface area contributed by atoms with Crippen LogP contribution < -0.4 is 10.2 Å². The number of halogens is 1. The van der Waals surface area contributed by atoms with Crippen LogP contribution in [0.1, 0.15) is 12.7 Å². The monoisotopic (exact) mass is 372 g/mol. The Kier molecular flexibility index (Phi) is 5.34. The molecule has 134 valence electrons. The Bertz CT molecular complexity index is 850. The summed E-state index contributed by atoms with van der Waals surface area (Å²) in [6.45, 7) is 4.43. The van der Waals surface area contributed by atoms with E-state index in [0.29, 0.717) is 18.1 Å². The first-order chi connectivity index (χ1) is 12.6. The summed E-state index contributed by atoms with van der Waals surface area (Å²) in [5, 5.41) is 26.1. The van der Waals surface area contributed by atoms with E-state index in [4.69, 9.17) is 16.9 Å². The van der Waals surface area contributed by atoms with E-state index in [9.17, 15) is 4.79 Å². The lowest BCUT2D eigenvalue weighted by Crippen LogP contribution is -2.48. The van der Waals surface area contributed by atoms with Crippen molar-refractivity contribution in [3.8, 4) is 6.07 Å². The zero-order valence-electron chi connectivity index (χ0n) is 14.1. The SMILES string of the molecule is CC(=O)N1CCN(c2ccc(NC=C(C#N)c3nn[nH]n3)cc2Cl)CC1. The molecule has 0 spiro atoms. The van der Waals surface area contributed by atoms with Crippen molar-refractivity contribution in [3.05, 3.63) is 35.2 Å². The first-order valence-corrected chi connectivity index (χ1v) is 8.37. The summed E-state index contributed by atoms with van der Waals surface area (Å²) in [5.41, 5.74) is 1.90. The number of piperazine rings is 1. The highest BCUT2D eigenvalue weighted by atomic mass is 35.5. The molecule has 2 N–H and O–H groups in total. The van der Waals surface area contributed by atoms with Crippen molar-refractivity contribution < 1.29 is 4.79 Å². The maximum Gasteiger partial charge on any atom is 0.219 e. The number of carbonyl (C=O) groups is 1. The molecule has 0 bridgehead atoms. The maximum atomic E-state index is 11.4. The minimum Gasteiger partial charge on any atom is -0.367 e. The molecule has 1 amide bonds. The zero-order valence-corrected chi connectivity index (χ0v) is 14.9. The highest BCUT2D eigenvalue weighted by Gasteiger charge is 2.20. The van der Waals surface area contributed by atoms with Crippen LogP contribution in [-0.2, 0) is 4.79 Å². The third-order valence-electron chi connectivity index (χ3n) is 4.10. The van der Waals surface area contributed by atoms with Crippen LogP contribution in [0.25, 0.3) is 5.57 Å². The van der Waals surface area contributed by atoms with Crippen LogP contribution >= 0.6 is 11.6 Å². The molecule has 26 heavy (non-hydrogen) atoms. The molecule has 2 aromatic rings. The fourth-order valence-corrected chi connectivity index (χ4v) is 2.99. The number of nitriles is 1. The van der Waals surface area contributed by atoms with Crippen molar-refractivity contribution in [3.63, 3.8) is 0 Å². The number of allylic oxidation sites excluding steroid dienone is 1. The molecule has 1 aliphatic heterocycles. The molecular weight excluding hydrogens is 356 g/mol. The number of H-pyrrole nitrogens is 1. The molecule has 9 nitrogen and oxygen atoms in total. The number of tetrazole rings is 1. The van der Waals surface area contributed by atoms with E-state index in [0.717, 1.165) is 24.5 Å². The van der Waals surface area contributed by atoms with Gasteiger partial charge in [0.2, 0.25) is 11.7 Å². The number of aromatic amines is 1. The molecular formula is C16H17ClN8O. The number of hydrogen-bond acceptors (Lipinski definition) is 7. The summed E-state index contributed by atoms with van der Waals surface area (Å²) in [5.74, 6) is 0.308.